The Hall–Kier alpha value is -2.50. The predicted octanol–water partition coefficient (Wildman–Crippen LogP) is 2.55. The Kier molecular flexibility index (Phi) is 5.84. The number of aryl methyl sites for hydroxylation is 1. The van der Waals surface area contributed by atoms with Crippen LogP contribution in [0.1, 0.15) is 60.7 Å². The molecule has 24 heavy (non-hydrogen) atoms. The van der Waals surface area contributed by atoms with E-state index >= 15 is 0 Å². The molecule has 0 unspecified atom stereocenters. The summed E-state index contributed by atoms with van der Waals surface area (Å²) < 4.78 is 0. The van der Waals surface area contributed by atoms with E-state index in [2.05, 4.69) is 34.1 Å². The second kappa shape index (κ2) is 7.86. The molecule has 6 nitrogen and oxygen atoms in total. The van der Waals surface area contributed by atoms with Crippen LogP contribution >= 0.6 is 0 Å². The van der Waals surface area contributed by atoms with Crippen LogP contribution in [0.5, 0.6) is 0 Å². The Morgan fingerprint density at radius 3 is 2.75 bits per heavy atom. The number of pyridine rings is 1. The van der Waals surface area contributed by atoms with Crippen molar-refractivity contribution in [2.45, 2.75) is 46.6 Å². The van der Waals surface area contributed by atoms with E-state index in [0.717, 1.165) is 17.0 Å². The van der Waals surface area contributed by atoms with E-state index in [1.807, 2.05) is 26.0 Å². The van der Waals surface area contributed by atoms with Crippen LogP contribution in [0.3, 0.4) is 0 Å². The second-order valence-corrected chi connectivity index (χ2v) is 6.33. The lowest BCUT2D eigenvalue weighted by Gasteiger charge is -2.18. The summed E-state index contributed by atoms with van der Waals surface area (Å²) in [5.41, 5.74) is 2.21. The van der Waals surface area contributed by atoms with Gasteiger partial charge in [-0.25, -0.2) is 4.79 Å². The maximum absolute atomic E-state index is 12.5. The maximum atomic E-state index is 12.5. The monoisotopic (exact) mass is 328 g/mol. The van der Waals surface area contributed by atoms with Crippen molar-refractivity contribution in [3.63, 3.8) is 0 Å². The van der Waals surface area contributed by atoms with Gasteiger partial charge in [-0.1, -0.05) is 26.8 Å². The lowest BCUT2D eigenvalue weighted by atomic mass is 10.1. The first-order valence-electron chi connectivity index (χ1n) is 8.23. The summed E-state index contributed by atoms with van der Waals surface area (Å²) in [5.74, 6) is 0.0153. The molecule has 2 rings (SSSR count). The van der Waals surface area contributed by atoms with E-state index in [0.29, 0.717) is 18.8 Å². The summed E-state index contributed by atoms with van der Waals surface area (Å²) in [6.45, 7) is 8.04. The fourth-order valence-corrected chi connectivity index (χ4v) is 2.63. The van der Waals surface area contributed by atoms with Gasteiger partial charge in [0.2, 0.25) is 0 Å². The van der Waals surface area contributed by atoms with Crippen molar-refractivity contribution in [1.82, 2.24) is 20.3 Å². The Labute approximate surface area is 141 Å². The summed E-state index contributed by atoms with van der Waals surface area (Å²) >= 11 is 0. The van der Waals surface area contributed by atoms with Crippen LogP contribution in [-0.2, 0) is 6.42 Å². The zero-order chi connectivity index (χ0) is 17.7. The molecular formula is C18H24N4O2. The molecule has 2 aromatic rings. The number of hydrogen-bond donors (Lipinski definition) is 2. The fourth-order valence-electron chi connectivity index (χ4n) is 2.63. The lowest BCUT2D eigenvalue weighted by molar-refractivity contribution is 0.0929. The first-order valence-corrected chi connectivity index (χ1v) is 8.23. The number of nitrogens with zero attached hydrogens (tertiary/aromatic N) is 2. The quantitative estimate of drug-likeness (QED) is 0.853. The Bertz CT molecular complexity index is 768. The molecular weight excluding hydrogens is 304 g/mol. The number of nitrogens with one attached hydrogen (secondary N) is 2. The van der Waals surface area contributed by atoms with Gasteiger partial charge < -0.3 is 10.3 Å². The topological polar surface area (TPSA) is 87.7 Å². The van der Waals surface area contributed by atoms with Gasteiger partial charge in [-0.3, -0.25) is 9.78 Å². The third-order valence-electron chi connectivity index (χ3n) is 3.75. The van der Waals surface area contributed by atoms with Gasteiger partial charge in [0.15, 0.2) is 0 Å². The molecule has 0 aliphatic heterocycles. The third kappa shape index (κ3) is 4.50. The van der Waals surface area contributed by atoms with Gasteiger partial charge in [0.05, 0.1) is 11.7 Å². The number of amides is 1. The van der Waals surface area contributed by atoms with E-state index in [1.54, 1.807) is 12.3 Å². The molecule has 0 aliphatic carbocycles. The Morgan fingerprint density at radius 2 is 2.12 bits per heavy atom. The molecule has 0 bridgehead atoms. The van der Waals surface area contributed by atoms with E-state index in [4.69, 9.17) is 0 Å². The molecule has 1 atom stereocenters. The van der Waals surface area contributed by atoms with Gasteiger partial charge in [-0.2, -0.15) is 4.98 Å². The highest BCUT2D eigenvalue weighted by atomic mass is 16.2. The number of carbonyl (C=O) groups is 1. The number of aromatic nitrogens is 3. The molecule has 0 spiro atoms. The van der Waals surface area contributed by atoms with Gasteiger partial charge >= 0.3 is 5.69 Å². The van der Waals surface area contributed by atoms with Crippen molar-refractivity contribution < 1.29 is 4.79 Å². The second-order valence-electron chi connectivity index (χ2n) is 6.33. The van der Waals surface area contributed by atoms with E-state index < -0.39 is 5.69 Å². The van der Waals surface area contributed by atoms with Crippen LogP contribution in [0, 0.1) is 12.8 Å². The van der Waals surface area contributed by atoms with Crippen LogP contribution in [0.25, 0.3) is 0 Å². The van der Waals surface area contributed by atoms with Gasteiger partial charge in [0, 0.05) is 11.9 Å². The summed E-state index contributed by atoms with van der Waals surface area (Å²) in [4.78, 5) is 35.1. The van der Waals surface area contributed by atoms with Gasteiger partial charge in [-0.15, -0.1) is 0 Å². The lowest BCUT2D eigenvalue weighted by Crippen LogP contribution is -2.32. The van der Waals surface area contributed by atoms with Gasteiger partial charge in [0.1, 0.15) is 5.69 Å². The first kappa shape index (κ1) is 17.8. The molecule has 0 aromatic carbocycles. The zero-order valence-electron chi connectivity index (χ0n) is 14.6. The van der Waals surface area contributed by atoms with Crippen LogP contribution in [-0.4, -0.2) is 20.9 Å². The standard InChI is InChI=1S/C18H24N4O2/c1-5-14(16-12(4)7-6-8-19-16)21-17(23)15-10-13(9-11(2)3)20-18(24)22-15/h6-8,10-11,14H,5,9H2,1-4H3,(H,21,23)(H,20,22,24)/t14-/m1/s1. The van der Waals surface area contributed by atoms with Crippen molar-refractivity contribution in [2.24, 2.45) is 5.92 Å². The Morgan fingerprint density at radius 1 is 1.38 bits per heavy atom. The van der Waals surface area contributed by atoms with Gasteiger partial charge in [0.25, 0.3) is 5.91 Å². The molecule has 0 saturated carbocycles. The number of carbonyl (C=O) groups excluding carboxylic acids is 1. The van der Waals surface area contributed by atoms with Crippen molar-refractivity contribution >= 4 is 5.91 Å². The van der Waals surface area contributed by atoms with Crippen molar-refractivity contribution in [2.75, 3.05) is 0 Å². The molecule has 0 aliphatic rings. The highest BCUT2D eigenvalue weighted by molar-refractivity contribution is 5.92. The smallest absolute Gasteiger partial charge is 0.342 e. The maximum Gasteiger partial charge on any atom is 0.345 e. The number of aromatic amines is 1. The zero-order valence-corrected chi connectivity index (χ0v) is 14.6. The molecule has 1 amide bonds. The largest absolute Gasteiger partial charge is 0.345 e. The number of hydrogen-bond acceptors (Lipinski definition) is 4. The SMILES string of the molecule is CC[C@@H](NC(=O)c1cc(CC(C)C)[nH]c(=O)n1)c1ncccc1C. The summed E-state index contributed by atoms with van der Waals surface area (Å²) in [6.07, 6.45) is 3.10. The fraction of sp³-hybridized carbons (Fsp3) is 0.444. The van der Waals surface area contributed by atoms with Gasteiger partial charge in [-0.05, 0) is 43.4 Å². The molecule has 2 heterocycles. The normalized spacial score (nSPS) is 12.2. The molecule has 6 heteroatoms. The average molecular weight is 328 g/mol. The average Bonchev–Trinajstić information content (AvgIpc) is 2.52. The number of rotatable bonds is 6. The highest BCUT2D eigenvalue weighted by Crippen LogP contribution is 2.18. The summed E-state index contributed by atoms with van der Waals surface area (Å²) in [6, 6.07) is 5.26. The first-order chi connectivity index (χ1) is 11.4. The molecule has 0 radical (unpaired) electrons. The highest BCUT2D eigenvalue weighted by Gasteiger charge is 2.18. The Balaban J connectivity index is 2.23. The minimum absolute atomic E-state index is 0.140. The summed E-state index contributed by atoms with van der Waals surface area (Å²) in [5, 5.41) is 2.93. The molecule has 128 valence electrons. The van der Waals surface area contributed by atoms with Crippen molar-refractivity contribution in [3.05, 3.63) is 57.5 Å². The number of H-pyrrole nitrogens is 1. The van der Waals surface area contributed by atoms with E-state index in [-0.39, 0.29) is 17.6 Å². The molecule has 0 fully saturated rings. The van der Waals surface area contributed by atoms with Crippen LogP contribution in [0.15, 0.2) is 29.2 Å². The van der Waals surface area contributed by atoms with Crippen LogP contribution < -0.4 is 11.0 Å². The molecule has 2 aromatic heterocycles. The third-order valence-corrected chi connectivity index (χ3v) is 3.75. The van der Waals surface area contributed by atoms with E-state index in [9.17, 15) is 9.59 Å². The molecule has 2 N–H and O–H groups in total. The van der Waals surface area contributed by atoms with Crippen LogP contribution in [0.2, 0.25) is 0 Å². The van der Waals surface area contributed by atoms with E-state index in [1.165, 1.54) is 0 Å². The minimum atomic E-state index is -0.500. The van der Waals surface area contributed by atoms with Crippen LogP contribution in [0.4, 0.5) is 0 Å². The minimum Gasteiger partial charge on any atom is -0.342 e. The summed E-state index contributed by atoms with van der Waals surface area (Å²) in [7, 11) is 0. The predicted molar refractivity (Wildman–Crippen MR) is 92.9 cm³/mol. The molecule has 0 saturated heterocycles. The van der Waals surface area contributed by atoms with Crippen molar-refractivity contribution in [3.8, 4) is 0 Å². The van der Waals surface area contributed by atoms with Crippen molar-refractivity contribution in [1.29, 1.82) is 0 Å².